The smallest absolute Gasteiger partial charge is 0.268 e. The van der Waals surface area contributed by atoms with Gasteiger partial charge in [0.25, 0.3) is 11.5 Å². The maximum absolute atomic E-state index is 13.1. The van der Waals surface area contributed by atoms with Crippen molar-refractivity contribution in [1.82, 2.24) is 24.7 Å². The summed E-state index contributed by atoms with van der Waals surface area (Å²) in [5, 5.41) is 9.26. The molecule has 0 amide bonds. The molecule has 2 aromatic carbocycles. The minimum absolute atomic E-state index is 0.0115. The predicted octanol–water partition coefficient (Wildman–Crippen LogP) is 4.96. The summed E-state index contributed by atoms with van der Waals surface area (Å²) >= 11 is 19.1. The van der Waals surface area contributed by atoms with E-state index in [9.17, 15) is 4.79 Å². The number of fused-ring (bicyclic) bond motifs is 1. The van der Waals surface area contributed by atoms with Crippen LogP contribution in [0.15, 0.2) is 44.1 Å². The molecule has 2 heterocycles. The van der Waals surface area contributed by atoms with Gasteiger partial charge in [-0.25, -0.2) is 9.55 Å². The predicted molar refractivity (Wildman–Crippen MR) is 121 cm³/mol. The number of benzene rings is 2. The summed E-state index contributed by atoms with van der Waals surface area (Å²) in [5.74, 6) is 0.457. The van der Waals surface area contributed by atoms with Gasteiger partial charge in [0.15, 0.2) is 5.82 Å². The van der Waals surface area contributed by atoms with Crippen LogP contribution in [0.25, 0.3) is 28.1 Å². The number of aromatic nitrogens is 5. The lowest BCUT2D eigenvalue weighted by Crippen LogP contribution is -2.25. The summed E-state index contributed by atoms with van der Waals surface area (Å²) in [7, 11) is 0. The quantitative estimate of drug-likeness (QED) is 0.375. The fourth-order valence-corrected chi connectivity index (χ4v) is 4.56. The van der Waals surface area contributed by atoms with E-state index >= 15 is 0 Å². The first-order chi connectivity index (χ1) is 13.8. The Morgan fingerprint density at radius 1 is 1.10 bits per heavy atom. The Balaban J connectivity index is 1.92. The highest BCUT2D eigenvalue weighted by atomic mass is 79.9. The highest BCUT2D eigenvalue weighted by Crippen LogP contribution is 2.34. The Bertz CT molecular complexity index is 1360. The molecule has 0 spiro atoms. The fraction of sp³-hybridized carbons (Fsp3) is 0.0556. The zero-order chi connectivity index (χ0) is 20.9. The van der Waals surface area contributed by atoms with E-state index in [4.69, 9.17) is 28.9 Å². The molecular formula is C18H10Br2Cl2N6O. The van der Waals surface area contributed by atoms with Crippen LogP contribution in [0.4, 0.5) is 5.82 Å². The van der Waals surface area contributed by atoms with E-state index in [0.29, 0.717) is 36.8 Å². The van der Waals surface area contributed by atoms with Crippen molar-refractivity contribution in [3.63, 3.8) is 0 Å². The first kappa shape index (κ1) is 20.2. The minimum atomic E-state index is -0.343. The molecule has 11 heteroatoms. The first-order valence-electron chi connectivity index (χ1n) is 8.11. The van der Waals surface area contributed by atoms with Gasteiger partial charge in [-0.1, -0.05) is 51.3 Å². The van der Waals surface area contributed by atoms with E-state index in [2.05, 4.69) is 52.0 Å². The standard InChI is InChI=1S/C18H10Br2Cl2N6O/c1-7-24-14-10(5-8(19)6-11(14)20)17(29)28(7)18-25-16(23)15(26-27-18)9-3-2-4-12(21)13(9)22/h2-6H,1H3,(H2,23,25,27). The molecule has 4 aromatic rings. The number of anilines is 1. The van der Waals surface area contributed by atoms with Gasteiger partial charge in [0, 0.05) is 14.5 Å². The zero-order valence-electron chi connectivity index (χ0n) is 14.6. The van der Waals surface area contributed by atoms with E-state index < -0.39 is 0 Å². The Labute approximate surface area is 191 Å². The highest BCUT2D eigenvalue weighted by molar-refractivity contribution is 9.11. The van der Waals surface area contributed by atoms with Gasteiger partial charge in [0.05, 0.1) is 20.9 Å². The van der Waals surface area contributed by atoms with Gasteiger partial charge in [0.1, 0.15) is 11.5 Å². The normalized spacial score (nSPS) is 11.2. The highest BCUT2D eigenvalue weighted by Gasteiger charge is 2.18. The molecule has 0 aliphatic carbocycles. The number of hydrogen-bond donors (Lipinski definition) is 1. The van der Waals surface area contributed by atoms with Gasteiger partial charge in [0.2, 0.25) is 0 Å². The van der Waals surface area contributed by atoms with Crippen molar-refractivity contribution >= 4 is 71.8 Å². The average molecular weight is 557 g/mol. The van der Waals surface area contributed by atoms with E-state index in [1.807, 2.05) is 6.07 Å². The number of aryl methyl sites for hydroxylation is 1. The molecule has 0 saturated carbocycles. The van der Waals surface area contributed by atoms with Crippen LogP contribution in [0, 0.1) is 6.92 Å². The molecule has 0 unspecified atom stereocenters. The van der Waals surface area contributed by atoms with Crippen molar-refractivity contribution in [2.75, 3.05) is 5.73 Å². The minimum Gasteiger partial charge on any atom is -0.382 e. The van der Waals surface area contributed by atoms with Gasteiger partial charge in [-0.3, -0.25) is 4.79 Å². The SMILES string of the molecule is Cc1nc2c(Br)cc(Br)cc2c(=O)n1-c1nnc(-c2cccc(Cl)c2Cl)c(N)n1. The summed E-state index contributed by atoms with van der Waals surface area (Å²) in [6.07, 6.45) is 0. The lowest BCUT2D eigenvalue weighted by molar-refractivity contribution is 0.794. The molecule has 2 N–H and O–H groups in total. The van der Waals surface area contributed by atoms with E-state index in [1.54, 1.807) is 31.2 Å². The molecule has 29 heavy (non-hydrogen) atoms. The third-order valence-electron chi connectivity index (χ3n) is 4.17. The van der Waals surface area contributed by atoms with Crippen molar-refractivity contribution in [2.24, 2.45) is 0 Å². The molecule has 0 aliphatic heterocycles. The maximum Gasteiger partial charge on any atom is 0.268 e. The molecule has 146 valence electrons. The Kier molecular flexibility index (Phi) is 5.32. The lowest BCUT2D eigenvalue weighted by atomic mass is 10.1. The molecular weight excluding hydrogens is 547 g/mol. The lowest BCUT2D eigenvalue weighted by Gasteiger charge is -2.12. The van der Waals surface area contributed by atoms with Gasteiger partial charge in [-0.2, -0.15) is 4.98 Å². The van der Waals surface area contributed by atoms with Gasteiger partial charge in [-0.15, -0.1) is 10.2 Å². The van der Waals surface area contributed by atoms with Crippen LogP contribution in [0.2, 0.25) is 10.0 Å². The topological polar surface area (TPSA) is 99.6 Å². The number of nitrogens with zero attached hydrogens (tertiary/aromatic N) is 5. The molecule has 0 bridgehead atoms. The molecule has 0 radical (unpaired) electrons. The van der Waals surface area contributed by atoms with Crippen LogP contribution in [-0.4, -0.2) is 24.7 Å². The van der Waals surface area contributed by atoms with Crippen LogP contribution in [0.1, 0.15) is 5.82 Å². The van der Waals surface area contributed by atoms with E-state index in [-0.39, 0.29) is 23.0 Å². The molecule has 0 aliphatic rings. The second-order valence-corrected chi connectivity index (χ2v) is 8.59. The Morgan fingerprint density at radius 3 is 2.59 bits per heavy atom. The van der Waals surface area contributed by atoms with Crippen molar-refractivity contribution < 1.29 is 0 Å². The van der Waals surface area contributed by atoms with Crippen molar-refractivity contribution in [3.8, 4) is 17.2 Å². The largest absolute Gasteiger partial charge is 0.382 e. The number of nitrogen functional groups attached to an aromatic ring is 1. The summed E-state index contributed by atoms with van der Waals surface area (Å²) in [5.41, 5.74) is 7.07. The number of nitrogens with two attached hydrogens (primary N) is 1. The van der Waals surface area contributed by atoms with Crippen molar-refractivity contribution in [2.45, 2.75) is 6.92 Å². The summed E-state index contributed by atoms with van der Waals surface area (Å²) in [6.45, 7) is 1.68. The summed E-state index contributed by atoms with van der Waals surface area (Å²) < 4.78 is 2.68. The van der Waals surface area contributed by atoms with Gasteiger partial charge >= 0.3 is 0 Å². The Hall–Kier alpha value is -2.07. The molecule has 0 atom stereocenters. The average Bonchev–Trinajstić information content (AvgIpc) is 2.66. The summed E-state index contributed by atoms with van der Waals surface area (Å²) in [6, 6.07) is 8.58. The maximum atomic E-state index is 13.1. The molecule has 0 saturated heterocycles. The van der Waals surface area contributed by atoms with Crippen LogP contribution < -0.4 is 11.3 Å². The second kappa shape index (κ2) is 7.64. The third kappa shape index (κ3) is 3.52. The van der Waals surface area contributed by atoms with Crippen LogP contribution in [0.5, 0.6) is 0 Å². The van der Waals surface area contributed by atoms with Crippen LogP contribution in [-0.2, 0) is 0 Å². The Morgan fingerprint density at radius 2 is 1.86 bits per heavy atom. The number of halogens is 4. The van der Waals surface area contributed by atoms with Gasteiger partial charge < -0.3 is 5.73 Å². The van der Waals surface area contributed by atoms with E-state index in [0.717, 1.165) is 4.47 Å². The zero-order valence-corrected chi connectivity index (χ0v) is 19.3. The van der Waals surface area contributed by atoms with Crippen LogP contribution >= 0.6 is 55.1 Å². The van der Waals surface area contributed by atoms with Crippen molar-refractivity contribution in [1.29, 1.82) is 0 Å². The van der Waals surface area contributed by atoms with Gasteiger partial charge in [-0.05, 0) is 41.1 Å². The molecule has 4 rings (SSSR count). The number of hydrogen-bond acceptors (Lipinski definition) is 6. The van der Waals surface area contributed by atoms with E-state index in [1.165, 1.54) is 4.57 Å². The second-order valence-electron chi connectivity index (χ2n) is 6.03. The molecule has 0 fully saturated rings. The monoisotopic (exact) mass is 554 g/mol. The number of rotatable bonds is 2. The molecule has 7 nitrogen and oxygen atoms in total. The van der Waals surface area contributed by atoms with Crippen molar-refractivity contribution in [3.05, 3.63) is 65.5 Å². The van der Waals surface area contributed by atoms with Crippen LogP contribution in [0.3, 0.4) is 0 Å². The first-order valence-corrected chi connectivity index (χ1v) is 10.5. The summed E-state index contributed by atoms with van der Waals surface area (Å²) in [4.78, 5) is 21.9. The fourth-order valence-electron chi connectivity index (χ4n) is 2.86. The third-order valence-corrected chi connectivity index (χ3v) is 6.05. The molecule has 2 aromatic heterocycles.